The van der Waals surface area contributed by atoms with E-state index < -0.39 is 0 Å². The molecule has 3 aliphatic rings. The Balaban J connectivity index is 1.44. The van der Waals surface area contributed by atoms with Gasteiger partial charge in [0.15, 0.2) is 6.29 Å². The van der Waals surface area contributed by atoms with Crippen LogP contribution in [0.4, 0.5) is 8.78 Å². The van der Waals surface area contributed by atoms with Crippen molar-refractivity contribution in [3.05, 3.63) is 48.4 Å². The van der Waals surface area contributed by atoms with Crippen molar-refractivity contribution in [1.29, 1.82) is 0 Å². The Kier molecular flexibility index (Phi) is 11.3. The van der Waals surface area contributed by atoms with Crippen molar-refractivity contribution in [2.75, 3.05) is 19.9 Å². The van der Waals surface area contributed by atoms with Gasteiger partial charge < -0.3 is 9.47 Å². The van der Waals surface area contributed by atoms with E-state index in [1.54, 1.807) is 12.2 Å². The van der Waals surface area contributed by atoms with Crippen LogP contribution < -0.4 is 0 Å². The molecule has 1 heterocycles. The Morgan fingerprint density at radius 3 is 2.21 bits per heavy atom. The maximum absolute atomic E-state index is 14.9. The lowest BCUT2D eigenvalue weighted by molar-refractivity contribution is -0.229. The van der Waals surface area contributed by atoms with Crippen molar-refractivity contribution in [2.45, 2.75) is 83.8 Å². The van der Waals surface area contributed by atoms with Crippen LogP contribution in [0.15, 0.2) is 48.4 Å². The first-order chi connectivity index (χ1) is 16.1. The summed E-state index contributed by atoms with van der Waals surface area (Å²) < 4.78 is 39.9. The third-order valence-corrected chi connectivity index (χ3v) is 7.90. The average molecular weight is 463 g/mol. The molecular weight excluding hydrogens is 418 g/mol. The van der Waals surface area contributed by atoms with Crippen LogP contribution in [0, 0.1) is 29.6 Å². The number of allylic oxidation sites excluding steroid dienone is 7. The first kappa shape index (κ1) is 26.3. The van der Waals surface area contributed by atoms with Crippen molar-refractivity contribution in [1.82, 2.24) is 0 Å². The third kappa shape index (κ3) is 8.47. The number of halogens is 2. The highest BCUT2D eigenvalue weighted by Crippen LogP contribution is 2.39. The Morgan fingerprint density at radius 1 is 0.939 bits per heavy atom. The van der Waals surface area contributed by atoms with Gasteiger partial charge in [0.1, 0.15) is 5.83 Å². The molecule has 4 heteroatoms. The topological polar surface area (TPSA) is 18.5 Å². The molecule has 0 aromatic rings. The molecule has 33 heavy (non-hydrogen) atoms. The van der Waals surface area contributed by atoms with Crippen molar-refractivity contribution < 1.29 is 18.3 Å². The van der Waals surface area contributed by atoms with Crippen molar-refractivity contribution in [3.63, 3.8) is 0 Å². The van der Waals surface area contributed by atoms with E-state index in [0.29, 0.717) is 30.1 Å². The SMILES string of the molecule is C=C/C=C(\C=C(\F)CC1CCC(CF)CC1)C1CCC(C2OCC(CC/C=C/C)CO2)CC1. The zero-order valence-electron chi connectivity index (χ0n) is 20.5. The number of hydrogen-bond acceptors (Lipinski definition) is 2. The minimum Gasteiger partial charge on any atom is -0.352 e. The molecule has 1 saturated heterocycles. The van der Waals surface area contributed by atoms with Gasteiger partial charge in [-0.05, 0) is 101 Å². The summed E-state index contributed by atoms with van der Waals surface area (Å²) >= 11 is 0. The number of rotatable bonds is 10. The molecule has 2 saturated carbocycles. The van der Waals surface area contributed by atoms with Crippen molar-refractivity contribution >= 4 is 0 Å². The summed E-state index contributed by atoms with van der Waals surface area (Å²) in [5.41, 5.74) is 1.06. The van der Waals surface area contributed by atoms with E-state index in [9.17, 15) is 8.78 Å². The smallest absolute Gasteiger partial charge is 0.160 e. The minimum atomic E-state index is -0.228. The predicted molar refractivity (Wildman–Crippen MR) is 132 cm³/mol. The number of alkyl halides is 1. The second kappa shape index (κ2) is 14.2. The highest BCUT2D eigenvalue weighted by Gasteiger charge is 2.33. The summed E-state index contributed by atoms with van der Waals surface area (Å²) in [6, 6.07) is 0. The third-order valence-electron chi connectivity index (χ3n) is 7.90. The Morgan fingerprint density at radius 2 is 1.61 bits per heavy atom. The van der Waals surface area contributed by atoms with Crippen molar-refractivity contribution in [2.24, 2.45) is 29.6 Å². The summed E-state index contributed by atoms with van der Waals surface area (Å²) in [6.07, 6.45) is 20.3. The molecule has 0 aromatic carbocycles. The lowest BCUT2D eigenvalue weighted by Gasteiger charge is -2.38. The van der Waals surface area contributed by atoms with Crippen LogP contribution in [0.25, 0.3) is 0 Å². The van der Waals surface area contributed by atoms with Gasteiger partial charge in [0.2, 0.25) is 0 Å². The van der Waals surface area contributed by atoms with Crippen LogP contribution in [0.1, 0.15) is 77.6 Å². The standard InChI is InChI=1S/C29H44F2O2/c1-3-5-6-8-24-20-32-29(33-21-24)26-15-13-25(14-16-26)27(7-4-2)18-28(31)17-22-9-11-23(19-30)12-10-22/h3-5,7,18,22-26,29H,2,6,8-17,19-21H2,1H3/b5-3+,27-7+,28-18+. The molecule has 0 atom stereocenters. The molecule has 0 unspecified atom stereocenters. The van der Waals surface area contributed by atoms with Crippen LogP contribution in [0.3, 0.4) is 0 Å². The molecular formula is C29H44F2O2. The normalized spacial score (nSPS) is 34.5. The highest BCUT2D eigenvalue weighted by atomic mass is 19.1. The Hall–Kier alpha value is -1.26. The molecule has 2 aliphatic carbocycles. The van der Waals surface area contributed by atoms with Crippen LogP contribution >= 0.6 is 0 Å². The van der Waals surface area contributed by atoms with E-state index >= 15 is 0 Å². The van der Waals surface area contributed by atoms with Gasteiger partial charge in [0.05, 0.1) is 19.9 Å². The minimum absolute atomic E-state index is 0.0307. The van der Waals surface area contributed by atoms with Crippen LogP contribution in [-0.2, 0) is 9.47 Å². The molecule has 0 amide bonds. The lowest BCUT2D eigenvalue weighted by Crippen LogP contribution is -2.38. The maximum atomic E-state index is 14.9. The van der Waals surface area contributed by atoms with Gasteiger partial charge in [-0.3, -0.25) is 4.39 Å². The largest absolute Gasteiger partial charge is 0.352 e. The predicted octanol–water partition coefficient (Wildman–Crippen LogP) is 8.27. The Labute approximate surface area is 200 Å². The quantitative estimate of drug-likeness (QED) is 0.240. The number of hydrogen-bond donors (Lipinski definition) is 0. The molecule has 0 radical (unpaired) electrons. The van der Waals surface area contributed by atoms with Gasteiger partial charge >= 0.3 is 0 Å². The molecule has 186 valence electrons. The van der Waals surface area contributed by atoms with Gasteiger partial charge in [-0.15, -0.1) is 0 Å². The summed E-state index contributed by atoms with van der Waals surface area (Å²) in [6.45, 7) is 7.27. The molecule has 0 spiro atoms. The van der Waals surface area contributed by atoms with Gasteiger partial charge in [0, 0.05) is 18.3 Å². The van der Waals surface area contributed by atoms with E-state index in [2.05, 4.69) is 25.7 Å². The van der Waals surface area contributed by atoms with Gasteiger partial charge in [-0.1, -0.05) is 30.9 Å². The lowest BCUT2D eigenvalue weighted by atomic mass is 9.77. The molecule has 3 fully saturated rings. The maximum Gasteiger partial charge on any atom is 0.160 e. The molecule has 3 rings (SSSR count). The first-order valence-electron chi connectivity index (χ1n) is 13.2. The number of ether oxygens (including phenoxy) is 2. The summed E-state index contributed by atoms with van der Waals surface area (Å²) in [5.74, 6) is 1.81. The monoisotopic (exact) mass is 462 g/mol. The molecule has 0 N–H and O–H groups in total. The van der Waals surface area contributed by atoms with Crippen LogP contribution in [0.5, 0.6) is 0 Å². The zero-order chi connectivity index (χ0) is 23.5. The zero-order valence-corrected chi connectivity index (χ0v) is 20.5. The van der Waals surface area contributed by atoms with E-state index in [0.717, 1.165) is 83.0 Å². The van der Waals surface area contributed by atoms with Gasteiger partial charge in [-0.25, -0.2) is 4.39 Å². The molecule has 0 bridgehead atoms. The van der Waals surface area contributed by atoms with E-state index in [-0.39, 0.29) is 24.7 Å². The molecule has 2 nitrogen and oxygen atoms in total. The van der Waals surface area contributed by atoms with Gasteiger partial charge in [0.25, 0.3) is 0 Å². The van der Waals surface area contributed by atoms with E-state index in [1.165, 1.54) is 0 Å². The highest BCUT2D eigenvalue weighted by molar-refractivity contribution is 5.28. The molecule has 0 aromatic heterocycles. The van der Waals surface area contributed by atoms with Crippen molar-refractivity contribution in [3.8, 4) is 0 Å². The van der Waals surface area contributed by atoms with Crippen LogP contribution in [-0.4, -0.2) is 26.2 Å². The van der Waals surface area contributed by atoms with Crippen LogP contribution in [0.2, 0.25) is 0 Å². The summed E-state index contributed by atoms with van der Waals surface area (Å²) in [4.78, 5) is 0. The first-order valence-corrected chi connectivity index (χ1v) is 13.2. The second-order valence-electron chi connectivity index (χ2n) is 10.4. The summed E-state index contributed by atoms with van der Waals surface area (Å²) in [7, 11) is 0. The van der Waals surface area contributed by atoms with E-state index in [4.69, 9.17) is 9.47 Å². The van der Waals surface area contributed by atoms with Gasteiger partial charge in [-0.2, -0.15) is 0 Å². The Bertz CT molecular complexity index is 659. The second-order valence-corrected chi connectivity index (χ2v) is 10.4. The molecule has 1 aliphatic heterocycles. The summed E-state index contributed by atoms with van der Waals surface area (Å²) in [5, 5.41) is 0. The van der Waals surface area contributed by atoms with E-state index in [1.807, 2.05) is 6.08 Å². The fourth-order valence-electron chi connectivity index (χ4n) is 5.76. The fourth-order valence-corrected chi connectivity index (χ4v) is 5.76. The fraction of sp³-hybridized carbons (Fsp3) is 0.724. The average Bonchev–Trinajstić information content (AvgIpc) is 2.85.